The molecule has 0 atom stereocenters. The standard InChI is InChI=1S/C15H17N3O/c1-11(2)17(3)15(19)10-18-8-7-13-12(9-16)5-4-6-14(13)18/h4-8,11H,10H2,1-3H3. The Morgan fingerprint density at radius 3 is 2.79 bits per heavy atom. The molecule has 0 aliphatic carbocycles. The van der Waals surface area contributed by atoms with Crippen LogP contribution in [0.25, 0.3) is 10.9 Å². The van der Waals surface area contributed by atoms with Gasteiger partial charge in [-0.3, -0.25) is 4.79 Å². The van der Waals surface area contributed by atoms with Gasteiger partial charge in [0.25, 0.3) is 0 Å². The maximum atomic E-state index is 12.1. The minimum atomic E-state index is 0.0647. The van der Waals surface area contributed by atoms with Crippen LogP contribution in [0.4, 0.5) is 0 Å². The average Bonchev–Trinajstić information content (AvgIpc) is 2.80. The van der Waals surface area contributed by atoms with Crippen LogP contribution < -0.4 is 0 Å². The van der Waals surface area contributed by atoms with E-state index in [0.717, 1.165) is 10.9 Å². The second-order valence-electron chi connectivity index (χ2n) is 4.89. The number of nitrogens with zero attached hydrogens (tertiary/aromatic N) is 3. The van der Waals surface area contributed by atoms with Crippen LogP contribution >= 0.6 is 0 Å². The number of nitriles is 1. The minimum absolute atomic E-state index is 0.0647. The predicted molar refractivity (Wildman–Crippen MR) is 74.6 cm³/mol. The highest BCUT2D eigenvalue weighted by Crippen LogP contribution is 2.19. The van der Waals surface area contributed by atoms with Crippen LogP contribution in [0.2, 0.25) is 0 Å². The first-order valence-electron chi connectivity index (χ1n) is 6.28. The lowest BCUT2D eigenvalue weighted by Gasteiger charge is -2.21. The molecule has 98 valence electrons. The molecule has 4 heteroatoms. The number of aromatic nitrogens is 1. The maximum Gasteiger partial charge on any atom is 0.242 e. The van der Waals surface area contributed by atoms with Crippen molar-refractivity contribution in [2.24, 2.45) is 0 Å². The molecule has 1 heterocycles. The van der Waals surface area contributed by atoms with Crippen LogP contribution in [-0.2, 0) is 11.3 Å². The number of amides is 1. The van der Waals surface area contributed by atoms with Gasteiger partial charge in [0.15, 0.2) is 0 Å². The summed E-state index contributed by atoms with van der Waals surface area (Å²) in [5.74, 6) is 0.0647. The van der Waals surface area contributed by atoms with E-state index in [2.05, 4.69) is 6.07 Å². The number of likely N-dealkylation sites (N-methyl/N-ethyl adjacent to an activating group) is 1. The fraction of sp³-hybridized carbons (Fsp3) is 0.333. The highest BCUT2D eigenvalue weighted by Gasteiger charge is 2.14. The Balaban J connectivity index is 2.33. The summed E-state index contributed by atoms with van der Waals surface area (Å²) in [6.07, 6.45) is 1.86. The Morgan fingerprint density at radius 2 is 2.16 bits per heavy atom. The van der Waals surface area contributed by atoms with E-state index in [4.69, 9.17) is 5.26 Å². The topological polar surface area (TPSA) is 49.0 Å². The second-order valence-corrected chi connectivity index (χ2v) is 4.89. The van der Waals surface area contributed by atoms with E-state index in [1.165, 1.54) is 0 Å². The molecular formula is C15H17N3O. The van der Waals surface area contributed by atoms with Crippen molar-refractivity contribution < 1.29 is 4.79 Å². The molecule has 1 aromatic carbocycles. The molecule has 0 bridgehead atoms. The van der Waals surface area contributed by atoms with Crippen molar-refractivity contribution in [1.29, 1.82) is 5.26 Å². The number of carbonyl (C=O) groups excluding carboxylic acids is 1. The molecule has 0 aliphatic heterocycles. The third-order valence-electron chi connectivity index (χ3n) is 3.41. The maximum absolute atomic E-state index is 12.1. The summed E-state index contributed by atoms with van der Waals surface area (Å²) in [5.41, 5.74) is 1.56. The van der Waals surface area contributed by atoms with Gasteiger partial charge in [0.2, 0.25) is 5.91 Å². The Hall–Kier alpha value is -2.28. The van der Waals surface area contributed by atoms with E-state index >= 15 is 0 Å². The summed E-state index contributed by atoms with van der Waals surface area (Å²) in [7, 11) is 1.80. The number of benzene rings is 1. The SMILES string of the molecule is CC(C)N(C)C(=O)Cn1ccc2c(C#N)cccc21. The van der Waals surface area contributed by atoms with Crippen LogP contribution in [-0.4, -0.2) is 28.5 Å². The molecule has 2 rings (SSSR count). The van der Waals surface area contributed by atoms with Crippen molar-refractivity contribution in [2.75, 3.05) is 7.05 Å². The van der Waals surface area contributed by atoms with Crippen LogP contribution in [0.5, 0.6) is 0 Å². The Labute approximate surface area is 112 Å². The van der Waals surface area contributed by atoms with Crippen LogP contribution in [0.1, 0.15) is 19.4 Å². The highest BCUT2D eigenvalue weighted by molar-refractivity contribution is 5.87. The van der Waals surface area contributed by atoms with Gasteiger partial charge in [-0.15, -0.1) is 0 Å². The molecule has 0 saturated carbocycles. The smallest absolute Gasteiger partial charge is 0.242 e. The number of rotatable bonds is 3. The van der Waals surface area contributed by atoms with Gasteiger partial charge in [-0.05, 0) is 32.0 Å². The van der Waals surface area contributed by atoms with Crippen molar-refractivity contribution in [3.63, 3.8) is 0 Å². The van der Waals surface area contributed by atoms with Crippen molar-refractivity contribution >= 4 is 16.8 Å². The summed E-state index contributed by atoms with van der Waals surface area (Å²) < 4.78 is 1.89. The molecule has 0 saturated heterocycles. The lowest BCUT2D eigenvalue weighted by Crippen LogP contribution is -2.35. The first-order valence-corrected chi connectivity index (χ1v) is 6.28. The van der Waals surface area contributed by atoms with Crippen molar-refractivity contribution in [1.82, 2.24) is 9.47 Å². The fourth-order valence-corrected chi connectivity index (χ4v) is 2.00. The van der Waals surface area contributed by atoms with Gasteiger partial charge in [-0.2, -0.15) is 5.26 Å². The number of carbonyl (C=O) groups is 1. The Bertz CT molecular complexity index is 649. The molecule has 0 spiro atoms. The molecule has 1 aromatic heterocycles. The molecule has 4 nitrogen and oxygen atoms in total. The molecule has 0 fully saturated rings. The normalized spacial score (nSPS) is 10.7. The third-order valence-corrected chi connectivity index (χ3v) is 3.41. The van der Waals surface area contributed by atoms with Crippen molar-refractivity contribution in [3.05, 3.63) is 36.0 Å². The van der Waals surface area contributed by atoms with E-state index < -0.39 is 0 Å². The van der Waals surface area contributed by atoms with Gasteiger partial charge in [0.05, 0.1) is 11.6 Å². The number of hydrogen-bond donors (Lipinski definition) is 0. The zero-order valence-electron chi connectivity index (χ0n) is 11.4. The first kappa shape index (κ1) is 13.2. The molecule has 0 aliphatic rings. The van der Waals surface area contributed by atoms with E-state index in [-0.39, 0.29) is 11.9 Å². The first-order chi connectivity index (χ1) is 9.04. The molecule has 1 amide bonds. The van der Waals surface area contributed by atoms with Gasteiger partial charge in [-0.1, -0.05) is 6.07 Å². The van der Waals surface area contributed by atoms with E-state index in [0.29, 0.717) is 12.1 Å². The van der Waals surface area contributed by atoms with Gasteiger partial charge >= 0.3 is 0 Å². The summed E-state index contributed by atoms with van der Waals surface area (Å²) >= 11 is 0. The van der Waals surface area contributed by atoms with Gasteiger partial charge in [0.1, 0.15) is 6.54 Å². The fourth-order valence-electron chi connectivity index (χ4n) is 2.00. The molecule has 0 N–H and O–H groups in total. The third kappa shape index (κ3) is 2.45. The number of hydrogen-bond acceptors (Lipinski definition) is 2. The Kier molecular flexibility index (Phi) is 3.57. The zero-order chi connectivity index (χ0) is 14.0. The quantitative estimate of drug-likeness (QED) is 0.845. The van der Waals surface area contributed by atoms with E-state index in [1.54, 1.807) is 18.0 Å². The zero-order valence-corrected chi connectivity index (χ0v) is 11.4. The van der Waals surface area contributed by atoms with Gasteiger partial charge in [-0.25, -0.2) is 0 Å². The summed E-state index contributed by atoms with van der Waals surface area (Å²) in [6.45, 7) is 4.27. The minimum Gasteiger partial charge on any atom is -0.342 e. The van der Waals surface area contributed by atoms with Crippen LogP contribution in [0.15, 0.2) is 30.5 Å². The summed E-state index contributed by atoms with van der Waals surface area (Å²) in [5, 5.41) is 9.95. The largest absolute Gasteiger partial charge is 0.342 e. The predicted octanol–water partition coefficient (Wildman–Crippen LogP) is 2.38. The van der Waals surface area contributed by atoms with Gasteiger partial charge in [0, 0.05) is 30.2 Å². The van der Waals surface area contributed by atoms with Gasteiger partial charge < -0.3 is 9.47 Å². The Morgan fingerprint density at radius 1 is 1.42 bits per heavy atom. The average molecular weight is 255 g/mol. The monoisotopic (exact) mass is 255 g/mol. The van der Waals surface area contributed by atoms with Crippen molar-refractivity contribution in [2.45, 2.75) is 26.4 Å². The molecule has 0 radical (unpaired) electrons. The molecule has 19 heavy (non-hydrogen) atoms. The van der Waals surface area contributed by atoms with E-state index in [1.807, 2.05) is 42.8 Å². The van der Waals surface area contributed by atoms with Crippen LogP contribution in [0.3, 0.4) is 0 Å². The highest BCUT2D eigenvalue weighted by atomic mass is 16.2. The summed E-state index contributed by atoms with van der Waals surface area (Å²) in [4.78, 5) is 13.8. The lowest BCUT2D eigenvalue weighted by atomic mass is 10.1. The lowest BCUT2D eigenvalue weighted by molar-refractivity contribution is -0.131. The number of fused-ring (bicyclic) bond motifs is 1. The molecule has 2 aromatic rings. The second kappa shape index (κ2) is 5.15. The van der Waals surface area contributed by atoms with E-state index in [9.17, 15) is 4.79 Å². The van der Waals surface area contributed by atoms with Crippen LogP contribution in [0, 0.1) is 11.3 Å². The molecular weight excluding hydrogens is 238 g/mol. The summed E-state index contributed by atoms with van der Waals surface area (Å²) in [6, 6.07) is 9.80. The molecule has 0 unspecified atom stereocenters. The van der Waals surface area contributed by atoms with Crippen molar-refractivity contribution in [3.8, 4) is 6.07 Å².